The van der Waals surface area contributed by atoms with Crippen LogP contribution in [0.25, 0.3) is 0 Å². The molecule has 1 heterocycles. The Labute approximate surface area is 145 Å². The molecule has 6 heteroatoms. The van der Waals surface area contributed by atoms with E-state index in [9.17, 15) is 4.79 Å². The summed E-state index contributed by atoms with van der Waals surface area (Å²) >= 11 is 7.52. The van der Waals surface area contributed by atoms with Crippen molar-refractivity contribution in [2.24, 2.45) is 0 Å². The van der Waals surface area contributed by atoms with Crippen LogP contribution in [0.15, 0.2) is 24.3 Å². The third-order valence-corrected chi connectivity index (χ3v) is 5.64. The Morgan fingerprint density at radius 2 is 2.00 bits per heavy atom. The second kappa shape index (κ2) is 6.89. The van der Waals surface area contributed by atoms with E-state index in [1.807, 2.05) is 31.2 Å². The van der Waals surface area contributed by atoms with Gasteiger partial charge in [-0.1, -0.05) is 23.7 Å². The fourth-order valence-corrected chi connectivity index (χ4v) is 3.89. The van der Waals surface area contributed by atoms with Gasteiger partial charge in [0.15, 0.2) is 5.13 Å². The third-order valence-electron chi connectivity index (χ3n) is 4.31. The van der Waals surface area contributed by atoms with E-state index in [2.05, 4.69) is 10.3 Å². The molecular formula is C17H20ClN3OS. The minimum atomic E-state index is -0.140. The molecule has 1 aliphatic carbocycles. The van der Waals surface area contributed by atoms with Crippen molar-refractivity contribution in [3.05, 3.63) is 45.4 Å². The van der Waals surface area contributed by atoms with Crippen molar-refractivity contribution in [2.45, 2.75) is 38.6 Å². The monoisotopic (exact) mass is 349 g/mol. The smallest absolute Gasteiger partial charge is 0.321 e. The average Bonchev–Trinajstić information content (AvgIpc) is 2.96. The Hall–Kier alpha value is -1.59. The molecule has 0 aliphatic heterocycles. The van der Waals surface area contributed by atoms with Gasteiger partial charge in [-0.15, -0.1) is 11.3 Å². The van der Waals surface area contributed by atoms with Gasteiger partial charge in [-0.2, -0.15) is 0 Å². The molecule has 1 aromatic carbocycles. The number of halogens is 1. The molecule has 23 heavy (non-hydrogen) atoms. The molecule has 0 radical (unpaired) electrons. The minimum absolute atomic E-state index is 0.0400. The summed E-state index contributed by atoms with van der Waals surface area (Å²) in [5, 5.41) is 4.33. The first-order valence-corrected chi connectivity index (χ1v) is 9.02. The molecular weight excluding hydrogens is 330 g/mol. The molecule has 0 fully saturated rings. The SMILES string of the molecule is C[C@H](c1ccc(Cl)cc1)N(C)C(=O)Nc1nc2c(s1)CCCC2. The minimum Gasteiger partial charge on any atom is -0.321 e. The van der Waals surface area contributed by atoms with E-state index >= 15 is 0 Å². The predicted octanol–water partition coefficient (Wildman–Crippen LogP) is 4.90. The highest BCUT2D eigenvalue weighted by Crippen LogP contribution is 2.30. The van der Waals surface area contributed by atoms with Gasteiger partial charge in [0.2, 0.25) is 0 Å². The maximum absolute atomic E-state index is 12.5. The molecule has 1 N–H and O–H groups in total. The van der Waals surface area contributed by atoms with Crippen LogP contribution in [-0.4, -0.2) is 23.0 Å². The van der Waals surface area contributed by atoms with Crippen molar-refractivity contribution in [3.8, 4) is 0 Å². The predicted molar refractivity (Wildman–Crippen MR) is 95.4 cm³/mol. The molecule has 0 bridgehead atoms. The van der Waals surface area contributed by atoms with Crippen molar-refractivity contribution in [3.63, 3.8) is 0 Å². The maximum Gasteiger partial charge on any atom is 0.323 e. The second-order valence-electron chi connectivity index (χ2n) is 5.86. The Balaban J connectivity index is 1.67. The van der Waals surface area contributed by atoms with Crippen LogP contribution < -0.4 is 5.32 Å². The normalized spacial score (nSPS) is 14.9. The van der Waals surface area contributed by atoms with Gasteiger partial charge in [0.1, 0.15) is 0 Å². The largest absolute Gasteiger partial charge is 0.323 e. The molecule has 1 aliphatic rings. The molecule has 2 aromatic rings. The zero-order valence-electron chi connectivity index (χ0n) is 13.3. The molecule has 0 saturated carbocycles. The lowest BCUT2D eigenvalue weighted by Crippen LogP contribution is -2.33. The van der Waals surface area contributed by atoms with Crippen LogP contribution in [0.5, 0.6) is 0 Å². The number of urea groups is 1. The Bertz CT molecular complexity index is 675. The molecule has 122 valence electrons. The number of amides is 2. The third kappa shape index (κ3) is 3.67. The van der Waals surface area contributed by atoms with Crippen LogP contribution in [0.4, 0.5) is 9.93 Å². The molecule has 4 nitrogen and oxygen atoms in total. The molecule has 2 amide bonds. The summed E-state index contributed by atoms with van der Waals surface area (Å²) < 4.78 is 0. The maximum atomic E-state index is 12.5. The van der Waals surface area contributed by atoms with Gasteiger partial charge in [0.25, 0.3) is 0 Å². The summed E-state index contributed by atoms with van der Waals surface area (Å²) in [6.45, 7) is 2.00. The van der Waals surface area contributed by atoms with Gasteiger partial charge in [0.05, 0.1) is 11.7 Å². The van der Waals surface area contributed by atoms with E-state index in [-0.39, 0.29) is 12.1 Å². The van der Waals surface area contributed by atoms with E-state index in [4.69, 9.17) is 11.6 Å². The van der Waals surface area contributed by atoms with Crippen LogP contribution in [0.2, 0.25) is 5.02 Å². The Morgan fingerprint density at radius 3 is 2.70 bits per heavy atom. The van der Waals surface area contributed by atoms with Crippen LogP contribution in [0, 0.1) is 0 Å². The fraction of sp³-hybridized carbons (Fsp3) is 0.412. The number of hydrogen-bond donors (Lipinski definition) is 1. The number of carbonyl (C=O) groups excluding carboxylic acids is 1. The zero-order valence-corrected chi connectivity index (χ0v) is 14.9. The van der Waals surface area contributed by atoms with Crippen molar-refractivity contribution >= 4 is 34.1 Å². The van der Waals surface area contributed by atoms with E-state index < -0.39 is 0 Å². The van der Waals surface area contributed by atoms with Gasteiger partial charge in [-0.3, -0.25) is 5.32 Å². The van der Waals surface area contributed by atoms with Crippen molar-refractivity contribution in [2.75, 3.05) is 12.4 Å². The fourth-order valence-electron chi connectivity index (χ4n) is 2.73. The summed E-state index contributed by atoms with van der Waals surface area (Å²) in [5.74, 6) is 0. The average molecular weight is 350 g/mol. The van der Waals surface area contributed by atoms with Crippen LogP contribution >= 0.6 is 22.9 Å². The summed E-state index contributed by atoms with van der Waals surface area (Å²) in [5.41, 5.74) is 2.20. The second-order valence-corrected chi connectivity index (χ2v) is 7.38. The number of rotatable bonds is 3. The molecule has 1 atom stereocenters. The number of benzene rings is 1. The van der Waals surface area contributed by atoms with E-state index in [0.717, 1.165) is 24.1 Å². The number of aryl methyl sites for hydroxylation is 2. The molecule has 3 rings (SSSR count). The Kier molecular flexibility index (Phi) is 4.87. The first-order valence-electron chi connectivity index (χ1n) is 7.82. The van der Waals surface area contributed by atoms with E-state index in [0.29, 0.717) is 10.2 Å². The quantitative estimate of drug-likeness (QED) is 0.856. The summed E-state index contributed by atoms with van der Waals surface area (Å²) in [6, 6.07) is 7.39. The van der Waals surface area contributed by atoms with Crippen LogP contribution in [0.1, 0.15) is 41.9 Å². The highest BCUT2D eigenvalue weighted by molar-refractivity contribution is 7.15. The molecule has 0 saturated heterocycles. The lowest BCUT2D eigenvalue weighted by Gasteiger charge is -2.25. The van der Waals surface area contributed by atoms with E-state index in [1.165, 1.54) is 17.7 Å². The van der Waals surface area contributed by atoms with Crippen molar-refractivity contribution in [1.82, 2.24) is 9.88 Å². The van der Waals surface area contributed by atoms with Gasteiger partial charge >= 0.3 is 6.03 Å². The lowest BCUT2D eigenvalue weighted by molar-refractivity contribution is 0.208. The summed E-state index contributed by atoms with van der Waals surface area (Å²) in [7, 11) is 1.79. The molecule has 1 aromatic heterocycles. The van der Waals surface area contributed by atoms with Gasteiger partial charge in [0, 0.05) is 16.9 Å². The molecule has 0 spiro atoms. The summed E-state index contributed by atoms with van der Waals surface area (Å²) in [6.07, 6.45) is 4.52. The lowest BCUT2D eigenvalue weighted by atomic mass is 10.0. The van der Waals surface area contributed by atoms with Gasteiger partial charge in [-0.25, -0.2) is 9.78 Å². The van der Waals surface area contributed by atoms with Crippen molar-refractivity contribution in [1.29, 1.82) is 0 Å². The number of nitrogens with zero attached hydrogens (tertiary/aromatic N) is 2. The first-order chi connectivity index (χ1) is 11.0. The topological polar surface area (TPSA) is 45.2 Å². The Morgan fingerprint density at radius 1 is 1.30 bits per heavy atom. The van der Waals surface area contributed by atoms with Gasteiger partial charge in [-0.05, 0) is 50.3 Å². The number of nitrogens with one attached hydrogen (secondary N) is 1. The van der Waals surface area contributed by atoms with E-state index in [1.54, 1.807) is 23.3 Å². The van der Waals surface area contributed by atoms with Gasteiger partial charge < -0.3 is 4.90 Å². The van der Waals surface area contributed by atoms with Crippen molar-refractivity contribution < 1.29 is 4.79 Å². The number of thiazole rings is 1. The van der Waals surface area contributed by atoms with Crippen LogP contribution in [-0.2, 0) is 12.8 Å². The highest BCUT2D eigenvalue weighted by atomic mass is 35.5. The standard InChI is InChI=1S/C17H20ClN3OS/c1-11(12-7-9-13(18)10-8-12)21(2)17(22)20-16-19-14-5-3-4-6-15(14)23-16/h7-11H,3-6H2,1-2H3,(H,19,20,22)/t11-/m1/s1. The van der Waals surface area contributed by atoms with Crippen LogP contribution in [0.3, 0.4) is 0 Å². The highest BCUT2D eigenvalue weighted by Gasteiger charge is 2.20. The summed E-state index contributed by atoms with van der Waals surface area (Å²) in [4.78, 5) is 20.0. The number of hydrogen-bond acceptors (Lipinski definition) is 3. The number of fused-ring (bicyclic) bond motifs is 1. The number of anilines is 1. The number of aromatic nitrogens is 1. The molecule has 0 unspecified atom stereocenters. The first kappa shape index (κ1) is 16.3. The number of carbonyl (C=O) groups is 1. The zero-order chi connectivity index (χ0) is 16.4.